The molecule has 0 aliphatic heterocycles. The first-order valence-electron chi connectivity index (χ1n) is 7.19. The number of nitrogens with one attached hydrogen (secondary N) is 1. The average molecular weight is 307 g/mol. The monoisotopic (exact) mass is 307 g/mol. The molecule has 0 fully saturated rings. The zero-order valence-electron chi connectivity index (χ0n) is 12.4. The standard InChI is InChI=1S/C16H21NO3S/c1-12-6-8-15(9-7-12)21(19,20)17-16(18)11-14-5-3-4-13(2)10-14/h6-10,13H,3-5,11H2,1-2H3,(H,17,18). The Hall–Kier alpha value is -1.62. The first-order valence-corrected chi connectivity index (χ1v) is 8.67. The molecule has 0 bridgehead atoms. The Kier molecular flexibility index (Phi) is 4.83. The minimum Gasteiger partial charge on any atom is -0.274 e. The minimum atomic E-state index is -3.77. The summed E-state index contributed by atoms with van der Waals surface area (Å²) in [5.74, 6) is 0.00572. The molecule has 1 atom stereocenters. The van der Waals surface area contributed by atoms with Crippen LogP contribution in [0.15, 0.2) is 40.8 Å². The molecule has 0 saturated carbocycles. The summed E-state index contributed by atoms with van der Waals surface area (Å²) in [6.45, 7) is 3.99. The van der Waals surface area contributed by atoms with E-state index in [1.165, 1.54) is 12.1 Å². The summed E-state index contributed by atoms with van der Waals surface area (Å²) < 4.78 is 26.4. The molecule has 0 radical (unpaired) electrons. The van der Waals surface area contributed by atoms with Gasteiger partial charge in [0, 0.05) is 6.42 Å². The molecule has 0 spiro atoms. The van der Waals surface area contributed by atoms with Crippen LogP contribution in [0.1, 0.15) is 38.2 Å². The lowest BCUT2D eigenvalue weighted by molar-refractivity contribution is -0.118. The van der Waals surface area contributed by atoms with Crippen LogP contribution in [-0.4, -0.2) is 14.3 Å². The topological polar surface area (TPSA) is 63.2 Å². The van der Waals surface area contributed by atoms with E-state index in [2.05, 4.69) is 17.7 Å². The molecular weight excluding hydrogens is 286 g/mol. The number of allylic oxidation sites excluding steroid dienone is 1. The highest BCUT2D eigenvalue weighted by Gasteiger charge is 2.19. The van der Waals surface area contributed by atoms with Gasteiger partial charge in [-0.2, -0.15) is 0 Å². The molecule has 1 aromatic rings. The number of benzene rings is 1. The Labute approximate surface area is 126 Å². The maximum atomic E-state index is 12.1. The molecule has 0 saturated heterocycles. The van der Waals surface area contributed by atoms with Crippen LogP contribution in [0.25, 0.3) is 0 Å². The molecular formula is C16H21NO3S. The Bertz CT molecular complexity index is 645. The van der Waals surface area contributed by atoms with Crippen LogP contribution in [0.3, 0.4) is 0 Å². The van der Waals surface area contributed by atoms with E-state index in [1.807, 2.05) is 6.92 Å². The third kappa shape index (κ3) is 4.43. The van der Waals surface area contributed by atoms with Crippen molar-refractivity contribution in [1.82, 2.24) is 4.72 Å². The van der Waals surface area contributed by atoms with Crippen molar-refractivity contribution in [3.63, 3.8) is 0 Å². The number of sulfonamides is 1. The third-order valence-corrected chi connectivity index (χ3v) is 5.03. The first-order chi connectivity index (χ1) is 9.87. The van der Waals surface area contributed by atoms with Crippen LogP contribution in [0.2, 0.25) is 0 Å². The van der Waals surface area contributed by atoms with Crippen molar-refractivity contribution < 1.29 is 13.2 Å². The van der Waals surface area contributed by atoms with Gasteiger partial charge in [-0.1, -0.05) is 36.3 Å². The predicted octanol–water partition coefficient (Wildman–Crippen LogP) is 2.94. The molecule has 1 aromatic carbocycles. The second kappa shape index (κ2) is 6.43. The highest BCUT2D eigenvalue weighted by Crippen LogP contribution is 2.24. The number of amides is 1. The van der Waals surface area contributed by atoms with E-state index in [1.54, 1.807) is 12.1 Å². The molecule has 114 valence electrons. The van der Waals surface area contributed by atoms with Gasteiger partial charge in [-0.25, -0.2) is 13.1 Å². The van der Waals surface area contributed by atoms with Crippen molar-refractivity contribution in [3.05, 3.63) is 41.5 Å². The Balaban J connectivity index is 2.03. The molecule has 0 heterocycles. The van der Waals surface area contributed by atoms with Gasteiger partial charge < -0.3 is 0 Å². The zero-order chi connectivity index (χ0) is 15.5. The summed E-state index contributed by atoms with van der Waals surface area (Å²) in [6.07, 6.45) is 5.32. The first kappa shape index (κ1) is 15.8. The maximum Gasteiger partial charge on any atom is 0.264 e. The number of hydrogen-bond acceptors (Lipinski definition) is 3. The van der Waals surface area contributed by atoms with Crippen molar-refractivity contribution >= 4 is 15.9 Å². The van der Waals surface area contributed by atoms with Crippen molar-refractivity contribution in [2.24, 2.45) is 5.92 Å². The summed E-state index contributed by atoms with van der Waals surface area (Å²) in [6, 6.07) is 6.44. The number of carbonyl (C=O) groups excluding carboxylic acids is 1. The lowest BCUT2D eigenvalue weighted by Gasteiger charge is -2.17. The van der Waals surface area contributed by atoms with Crippen molar-refractivity contribution in [1.29, 1.82) is 0 Å². The van der Waals surface area contributed by atoms with E-state index in [-0.39, 0.29) is 11.3 Å². The molecule has 1 aliphatic carbocycles. The molecule has 1 N–H and O–H groups in total. The summed E-state index contributed by atoms with van der Waals surface area (Å²) in [7, 11) is -3.77. The fraction of sp³-hybridized carbons (Fsp3) is 0.438. The lowest BCUT2D eigenvalue weighted by atomic mass is 9.90. The minimum absolute atomic E-state index is 0.118. The van der Waals surface area contributed by atoms with E-state index in [0.717, 1.165) is 30.4 Å². The van der Waals surface area contributed by atoms with Crippen LogP contribution in [0.5, 0.6) is 0 Å². The van der Waals surface area contributed by atoms with E-state index in [9.17, 15) is 13.2 Å². The quantitative estimate of drug-likeness (QED) is 0.870. The van der Waals surface area contributed by atoms with E-state index in [0.29, 0.717) is 5.92 Å². The second-order valence-corrected chi connectivity index (χ2v) is 7.40. The van der Waals surface area contributed by atoms with Gasteiger partial charge in [0.15, 0.2) is 0 Å². The summed E-state index contributed by atoms with van der Waals surface area (Å²) in [4.78, 5) is 12.1. The normalized spacial score (nSPS) is 19.0. The van der Waals surface area contributed by atoms with Crippen LogP contribution < -0.4 is 4.72 Å². The zero-order valence-corrected chi connectivity index (χ0v) is 13.2. The van der Waals surface area contributed by atoms with Gasteiger partial charge in [-0.05, 0) is 44.2 Å². The highest BCUT2D eigenvalue weighted by molar-refractivity contribution is 7.90. The van der Waals surface area contributed by atoms with E-state index in [4.69, 9.17) is 0 Å². The predicted molar refractivity (Wildman–Crippen MR) is 82.2 cm³/mol. The Morgan fingerprint density at radius 2 is 1.95 bits per heavy atom. The van der Waals surface area contributed by atoms with Crippen LogP contribution in [0, 0.1) is 12.8 Å². The van der Waals surface area contributed by atoms with Crippen LogP contribution in [0.4, 0.5) is 0 Å². The maximum absolute atomic E-state index is 12.1. The highest BCUT2D eigenvalue weighted by atomic mass is 32.2. The number of hydrogen-bond donors (Lipinski definition) is 1. The summed E-state index contributed by atoms with van der Waals surface area (Å²) in [5, 5.41) is 0. The molecule has 0 aromatic heterocycles. The molecule has 1 amide bonds. The average Bonchev–Trinajstić information content (AvgIpc) is 2.38. The molecule has 21 heavy (non-hydrogen) atoms. The molecule has 4 nitrogen and oxygen atoms in total. The SMILES string of the molecule is Cc1ccc(S(=O)(=O)NC(=O)CC2=CC(C)CCC2)cc1. The van der Waals surface area contributed by atoms with E-state index >= 15 is 0 Å². The molecule has 1 unspecified atom stereocenters. The Morgan fingerprint density at radius 3 is 2.57 bits per heavy atom. The van der Waals surface area contributed by atoms with E-state index < -0.39 is 15.9 Å². The number of rotatable bonds is 4. The fourth-order valence-electron chi connectivity index (χ4n) is 2.54. The number of carbonyl (C=O) groups is 1. The van der Waals surface area contributed by atoms with Gasteiger partial charge in [0.25, 0.3) is 10.0 Å². The second-order valence-electron chi connectivity index (χ2n) is 5.71. The molecule has 5 heteroatoms. The molecule has 1 aliphatic rings. The van der Waals surface area contributed by atoms with Gasteiger partial charge >= 0.3 is 0 Å². The van der Waals surface area contributed by atoms with Crippen LogP contribution >= 0.6 is 0 Å². The van der Waals surface area contributed by atoms with Crippen LogP contribution in [-0.2, 0) is 14.8 Å². The largest absolute Gasteiger partial charge is 0.274 e. The van der Waals surface area contributed by atoms with Crippen molar-refractivity contribution in [2.45, 2.75) is 44.4 Å². The number of aryl methyl sites for hydroxylation is 1. The lowest BCUT2D eigenvalue weighted by Crippen LogP contribution is -2.30. The van der Waals surface area contributed by atoms with Crippen molar-refractivity contribution in [2.75, 3.05) is 0 Å². The van der Waals surface area contributed by atoms with Gasteiger partial charge in [0.2, 0.25) is 5.91 Å². The summed E-state index contributed by atoms with van der Waals surface area (Å²) in [5.41, 5.74) is 2.01. The summed E-state index contributed by atoms with van der Waals surface area (Å²) >= 11 is 0. The van der Waals surface area contributed by atoms with Gasteiger partial charge in [0.05, 0.1) is 4.90 Å². The van der Waals surface area contributed by atoms with Crippen molar-refractivity contribution in [3.8, 4) is 0 Å². The third-order valence-electron chi connectivity index (χ3n) is 3.64. The Morgan fingerprint density at radius 1 is 1.29 bits per heavy atom. The fourth-order valence-corrected chi connectivity index (χ4v) is 3.52. The smallest absolute Gasteiger partial charge is 0.264 e. The van der Waals surface area contributed by atoms with Gasteiger partial charge in [0.1, 0.15) is 0 Å². The molecule has 2 rings (SSSR count). The van der Waals surface area contributed by atoms with Gasteiger partial charge in [-0.3, -0.25) is 4.79 Å². The van der Waals surface area contributed by atoms with Gasteiger partial charge in [-0.15, -0.1) is 0 Å².